The van der Waals surface area contributed by atoms with Crippen LogP contribution in [0.5, 0.6) is 0 Å². The molecular formula is C30H46N10O4. The molecule has 3 aromatic rings. The van der Waals surface area contributed by atoms with E-state index in [-0.39, 0.29) is 12.8 Å². The van der Waals surface area contributed by atoms with Gasteiger partial charge in [-0.1, -0.05) is 24.6 Å². The number of hydrogen-bond acceptors (Lipinski definition) is 8. The number of unbranched alkanes of at least 4 members (excludes halogenated alkanes) is 2. The predicted octanol–water partition coefficient (Wildman–Crippen LogP) is -0.538. The van der Waals surface area contributed by atoms with Gasteiger partial charge in [0.25, 0.3) is 0 Å². The molecule has 0 saturated carbocycles. The number of aromatic nitrogens is 3. The fraction of sp³-hybridized carbons (Fsp3) is 0.500. The molecule has 2 heterocycles. The van der Waals surface area contributed by atoms with Gasteiger partial charge in [0.15, 0.2) is 0 Å². The minimum atomic E-state index is -1.07. The van der Waals surface area contributed by atoms with Gasteiger partial charge in [-0.3, -0.25) is 19.2 Å². The minimum absolute atomic E-state index is 0.133. The number of hydrogen-bond donors (Lipinski definition) is 9. The highest BCUT2D eigenvalue weighted by molar-refractivity contribution is 5.95. The molecule has 0 saturated heterocycles. The van der Waals surface area contributed by atoms with E-state index in [4.69, 9.17) is 17.2 Å². The molecule has 0 unspecified atom stereocenters. The monoisotopic (exact) mass is 610 g/mol. The maximum Gasteiger partial charge on any atom is 0.243 e. The number of likely N-dealkylation sites (N-methyl/N-ethyl adjacent to an activating group) is 1. The lowest BCUT2D eigenvalue weighted by Gasteiger charge is -2.26. The molecule has 0 fully saturated rings. The molecule has 4 amide bonds. The first-order valence-electron chi connectivity index (χ1n) is 15.1. The number of carbonyl (C=O) groups is 4. The lowest BCUT2D eigenvalue weighted by Crippen LogP contribution is -2.58. The summed E-state index contributed by atoms with van der Waals surface area (Å²) in [5.74, 6) is -1.94. The van der Waals surface area contributed by atoms with Gasteiger partial charge in [0, 0.05) is 48.9 Å². The summed E-state index contributed by atoms with van der Waals surface area (Å²) in [5.41, 5.74) is 19.6. The SMILES string of the molecule is CNC(=O)[C@H](Cc1cnc[nH]1)NC(=O)[C@H](Cc1c[nH]c2ccccc12)NC(=O)[C@H](CCCCN)NC(=O)[C@@H](N)CCCCN. The van der Waals surface area contributed by atoms with Crippen LogP contribution < -0.4 is 38.5 Å². The van der Waals surface area contributed by atoms with Gasteiger partial charge in [0.2, 0.25) is 23.6 Å². The van der Waals surface area contributed by atoms with E-state index in [0.717, 1.165) is 22.9 Å². The van der Waals surface area contributed by atoms with E-state index >= 15 is 0 Å². The number of nitrogens with one attached hydrogen (secondary N) is 6. The number of carbonyl (C=O) groups excluding carboxylic acids is 4. The summed E-state index contributed by atoms with van der Waals surface area (Å²) in [6.07, 6.45) is 8.56. The van der Waals surface area contributed by atoms with Crippen molar-refractivity contribution in [1.29, 1.82) is 0 Å². The Balaban J connectivity index is 1.83. The Labute approximate surface area is 257 Å². The van der Waals surface area contributed by atoms with Gasteiger partial charge in [0.05, 0.1) is 12.4 Å². The molecular weight excluding hydrogens is 564 g/mol. The number of nitrogens with two attached hydrogens (primary N) is 3. The molecule has 4 atom stereocenters. The average Bonchev–Trinajstić information content (AvgIpc) is 3.69. The smallest absolute Gasteiger partial charge is 0.243 e. The molecule has 2 aromatic heterocycles. The van der Waals surface area contributed by atoms with E-state index in [1.165, 1.54) is 13.4 Å². The zero-order valence-electron chi connectivity index (χ0n) is 25.2. The molecule has 0 aliphatic carbocycles. The van der Waals surface area contributed by atoms with Gasteiger partial charge in [-0.25, -0.2) is 4.98 Å². The van der Waals surface area contributed by atoms with Crippen molar-refractivity contribution in [3.63, 3.8) is 0 Å². The van der Waals surface area contributed by atoms with Crippen molar-refractivity contribution >= 4 is 34.5 Å². The van der Waals surface area contributed by atoms with Crippen LogP contribution in [0.2, 0.25) is 0 Å². The second-order valence-corrected chi connectivity index (χ2v) is 10.8. The third kappa shape index (κ3) is 10.2. The summed E-state index contributed by atoms with van der Waals surface area (Å²) in [4.78, 5) is 63.2. The number of para-hydroxylation sites is 1. The van der Waals surface area contributed by atoms with Crippen LogP contribution in [0.3, 0.4) is 0 Å². The highest BCUT2D eigenvalue weighted by Gasteiger charge is 2.31. The number of rotatable bonds is 19. The summed E-state index contributed by atoms with van der Waals surface area (Å²) in [6, 6.07) is 3.89. The second-order valence-electron chi connectivity index (χ2n) is 10.8. The van der Waals surface area contributed by atoms with Crippen LogP contribution in [0.4, 0.5) is 0 Å². The first-order valence-corrected chi connectivity index (χ1v) is 15.1. The van der Waals surface area contributed by atoms with Gasteiger partial charge in [-0.15, -0.1) is 0 Å². The van der Waals surface area contributed by atoms with Crippen LogP contribution in [0.25, 0.3) is 10.9 Å². The lowest BCUT2D eigenvalue weighted by molar-refractivity contribution is -0.134. The van der Waals surface area contributed by atoms with Crippen LogP contribution in [-0.4, -0.2) is 82.9 Å². The van der Waals surface area contributed by atoms with E-state index in [0.29, 0.717) is 50.9 Å². The summed E-state index contributed by atoms with van der Waals surface area (Å²) in [6.45, 7) is 0.935. The molecule has 0 aliphatic heterocycles. The van der Waals surface area contributed by atoms with Crippen molar-refractivity contribution < 1.29 is 19.2 Å². The average molecular weight is 611 g/mol. The molecule has 44 heavy (non-hydrogen) atoms. The number of nitrogens with zero attached hydrogens (tertiary/aromatic N) is 1. The van der Waals surface area contributed by atoms with Crippen LogP contribution in [0.15, 0.2) is 43.0 Å². The van der Waals surface area contributed by atoms with Gasteiger partial charge in [0.1, 0.15) is 18.1 Å². The third-order valence-electron chi connectivity index (χ3n) is 7.48. The fourth-order valence-corrected chi connectivity index (χ4v) is 4.95. The highest BCUT2D eigenvalue weighted by atomic mass is 16.2. The van der Waals surface area contributed by atoms with Gasteiger partial charge in [-0.05, 0) is 56.8 Å². The maximum atomic E-state index is 13.8. The molecule has 14 nitrogen and oxygen atoms in total. The Morgan fingerprint density at radius 1 is 0.795 bits per heavy atom. The minimum Gasteiger partial charge on any atom is -0.361 e. The number of benzene rings is 1. The normalized spacial score (nSPS) is 13.9. The largest absolute Gasteiger partial charge is 0.361 e. The summed E-state index contributed by atoms with van der Waals surface area (Å²) >= 11 is 0. The number of fused-ring (bicyclic) bond motifs is 1. The molecule has 1 aromatic carbocycles. The van der Waals surface area contributed by atoms with Crippen molar-refractivity contribution in [1.82, 2.24) is 36.2 Å². The van der Waals surface area contributed by atoms with Crippen LogP contribution in [-0.2, 0) is 32.0 Å². The second kappa shape index (κ2) is 17.8. The van der Waals surface area contributed by atoms with Crippen molar-refractivity contribution in [3.8, 4) is 0 Å². The zero-order chi connectivity index (χ0) is 31.9. The molecule has 3 rings (SSSR count). The quantitative estimate of drug-likeness (QED) is 0.0797. The number of aromatic amines is 2. The predicted molar refractivity (Wildman–Crippen MR) is 168 cm³/mol. The van der Waals surface area contributed by atoms with Gasteiger partial charge < -0.3 is 48.4 Å². The fourth-order valence-electron chi connectivity index (χ4n) is 4.95. The van der Waals surface area contributed by atoms with E-state index < -0.39 is 47.8 Å². The number of amides is 4. The molecule has 0 spiro atoms. The van der Waals surface area contributed by atoms with Gasteiger partial charge >= 0.3 is 0 Å². The zero-order valence-corrected chi connectivity index (χ0v) is 25.2. The maximum absolute atomic E-state index is 13.8. The molecule has 0 aliphatic rings. The first-order chi connectivity index (χ1) is 21.3. The Bertz CT molecular complexity index is 1340. The summed E-state index contributed by atoms with van der Waals surface area (Å²) in [5, 5.41) is 11.9. The Morgan fingerprint density at radius 2 is 1.43 bits per heavy atom. The number of H-pyrrole nitrogens is 2. The molecule has 0 bridgehead atoms. The summed E-state index contributed by atoms with van der Waals surface area (Å²) in [7, 11) is 1.48. The van der Waals surface area contributed by atoms with E-state index in [9.17, 15) is 19.2 Å². The van der Waals surface area contributed by atoms with Crippen molar-refractivity contribution in [2.45, 2.75) is 75.5 Å². The Kier molecular flexibility index (Phi) is 13.8. The van der Waals surface area contributed by atoms with E-state index in [1.807, 2.05) is 24.3 Å². The highest BCUT2D eigenvalue weighted by Crippen LogP contribution is 2.19. The van der Waals surface area contributed by atoms with Crippen LogP contribution in [0, 0.1) is 0 Å². The third-order valence-corrected chi connectivity index (χ3v) is 7.48. The van der Waals surface area contributed by atoms with E-state index in [2.05, 4.69) is 36.2 Å². The Morgan fingerprint density at radius 3 is 2.09 bits per heavy atom. The number of imidazole rings is 1. The Hall–Kier alpha value is -4.27. The molecule has 14 heteroatoms. The van der Waals surface area contributed by atoms with Gasteiger partial charge in [-0.2, -0.15) is 0 Å². The van der Waals surface area contributed by atoms with Crippen LogP contribution in [0.1, 0.15) is 49.8 Å². The van der Waals surface area contributed by atoms with E-state index in [1.54, 1.807) is 12.4 Å². The van der Waals surface area contributed by atoms with Crippen LogP contribution >= 0.6 is 0 Å². The van der Waals surface area contributed by atoms with Crippen molar-refractivity contribution in [2.24, 2.45) is 17.2 Å². The lowest BCUT2D eigenvalue weighted by atomic mass is 10.0. The summed E-state index contributed by atoms with van der Waals surface area (Å²) < 4.78 is 0. The molecule has 240 valence electrons. The molecule has 0 radical (unpaired) electrons. The van der Waals surface area contributed by atoms with Crippen molar-refractivity contribution in [2.75, 3.05) is 20.1 Å². The van der Waals surface area contributed by atoms with Crippen molar-refractivity contribution in [3.05, 3.63) is 54.2 Å². The first kappa shape index (κ1) is 34.2. The molecule has 12 N–H and O–H groups in total. The topological polar surface area (TPSA) is 239 Å². The standard InChI is InChI=1S/C30H46N10O4/c1-34-28(42)26(15-20-17-35-18-37-20)40-30(44)25(14-19-16-36-23-10-3-2-8-21(19)23)39-29(43)24(11-5-7-13-32)38-27(41)22(33)9-4-6-12-31/h2-3,8,10,16-18,22,24-26,36H,4-7,9,11-15,31-33H2,1H3,(H,34,42)(H,35,37)(H,38,41)(H,39,43)(H,40,44)/t22-,24-,25-,26-/m0/s1.